The van der Waals surface area contributed by atoms with Crippen molar-refractivity contribution in [3.8, 4) is 0 Å². The van der Waals surface area contributed by atoms with Crippen molar-refractivity contribution in [1.29, 1.82) is 0 Å². The second kappa shape index (κ2) is 6.90. The number of benzene rings is 1. The summed E-state index contributed by atoms with van der Waals surface area (Å²) < 4.78 is 31.1. The van der Waals surface area contributed by atoms with Gasteiger partial charge in [-0.05, 0) is 31.0 Å². The van der Waals surface area contributed by atoms with Crippen LogP contribution >= 0.6 is 0 Å². The molecule has 0 unspecified atom stereocenters. The second-order valence-corrected chi connectivity index (χ2v) is 6.67. The van der Waals surface area contributed by atoms with Gasteiger partial charge in [0.25, 0.3) is 5.91 Å². The highest BCUT2D eigenvalue weighted by atomic mass is 19.1. The Morgan fingerprint density at radius 1 is 1.22 bits per heavy atom. The summed E-state index contributed by atoms with van der Waals surface area (Å²) >= 11 is 0. The number of nitrogens with zero attached hydrogens (tertiary/aromatic N) is 5. The van der Waals surface area contributed by atoms with Gasteiger partial charge in [0.2, 0.25) is 0 Å². The molecule has 1 amide bonds. The van der Waals surface area contributed by atoms with Crippen LogP contribution in [0.2, 0.25) is 0 Å². The van der Waals surface area contributed by atoms with Crippen LogP contribution in [0.1, 0.15) is 40.8 Å². The van der Waals surface area contributed by atoms with Crippen LogP contribution in [0, 0.1) is 11.6 Å². The molecule has 2 heterocycles. The number of nitrogens with one attached hydrogen (secondary N) is 1. The van der Waals surface area contributed by atoms with Gasteiger partial charge in [0.1, 0.15) is 29.6 Å². The molecule has 27 heavy (non-hydrogen) atoms. The SMILES string of the molecule is Cn1c(Cn2cccn2)nnc1C1CC(NC(=O)c2c(F)cccc2F)C1. The minimum Gasteiger partial charge on any atom is -0.349 e. The van der Waals surface area contributed by atoms with Gasteiger partial charge in [-0.1, -0.05) is 6.07 Å². The van der Waals surface area contributed by atoms with Gasteiger partial charge < -0.3 is 9.88 Å². The summed E-state index contributed by atoms with van der Waals surface area (Å²) in [6, 6.07) is 5.07. The molecule has 0 atom stereocenters. The number of carbonyl (C=O) groups excluding carboxylic acids is 1. The van der Waals surface area contributed by atoms with Crippen LogP contribution in [0.25, 0.3) is 0 Å². The average Bonchev–Trinajstić information content (AvgIpc) is 3.22. The van der Waals surface area contributed by atoms with E-state index in [-0.39, 0.29) is 12.0 Å². The van der Waals surface area contributed by atoms with Crippen molar-refractivity contribution in [2.24, 2.45) is 7.05 Å². The molecule has 1 aliphatic rings. The molecular formula is C18H18F2N6O. The predicted molar refractivity (Wildman–Crippen MR) is 91.9 cm³/mol. The van der Waals surface area contributed by atoms with Crippen molar-refractivity contribution < 1.29 is 13.6 Å². The van der Waals surface area contributed by atoms with Crippen molar-refractivity contribution in [2.75, 3.05) is 0 Å². The number of amides is 1. The first-order valence-electron chi connectivity index (χ1n) is 8.63. The first-order valence-corrected chi connectivity index (χ1v) is 8.63. The third kappa shape index (κ3) is 3.32. The molecule has 2 aromatic heterocycles. The van der Waals surface area contributed by atoms with E-state index in [1.165, 1.54) is 6.07 Å². The van der Waals surface area contributed by atoms with E-state index >= 15 is 0 Å². The predicted octanol–water partition coefficient (Wildman–Crippen LogP) is 2.01. The van der Waals surface area contributed by atoms with Crippen molar-refractivity contribution in [1.82, 2.24) is 29.9 Å². The van der Waals surface area contributed by atoms with E-state index in [0.717, 1.165) is 23.8 Å². The first-order chi connectivity index (χ1) is 13.0. The summed E-state index contributed by atoms with van der Waals surface area (Å²) in [5, 5.41) is 15.3. The smallest absolute Gasteiger partial charge is 0.257 e. The van der Waals surface area contributed by atoms with E-state index in [2.05, 4.69) is 20.6 Å². The summed E-state index contributed by atoms with van der Waals surface area (Å²) in [6.45, 7) is 0.524. The summed E-state index contributed by atoms with van der Waals surface area (Å²) in [5.41, 5.74) is -0.541. The van der Waals surface area contributed by atoms with E-state index in [4.69, 9.17) is 0 Å². The van der Waals surface area contributed by atoms with Crippen LogP contribution in [-0.2, 0) is 13.6 Å². The lowest BCUT2D eigenvalue weighted by molar-refractivity contribution is 0.0898. The molecular weight excluding hydrogens is 354 g/mol. The highest BCUT2D eigenvalue weighted by molar-refractivity contribution is 5.95. The number of carbonyl (C=O) groups is 1. The number of aromatic nitrogens is 5. The monoisotopic (exact) mass is 372 g/mol. The van der Waals surface area contributed by atoms with Crippen molar-refractivity contribution in [3.63, 3.8) is 0 Å². The van der Waals surface area contributed by atoms with Gasteiger partial charge in [-0.25, -0.2) is 8.78 Å². The van der Waals surface area contributed by atoms with Gasteiger partial charge in [0.05, 0.1) is 0 Å². The lowest BCUT2D eigenvalue weighted by Gasteiger charge is -2.35. The maximum atomic E-state index is 13.7. The molecule has 140 valence electrons. The molecule has 4 rings (SSSR count). The third-order valence-electron chi connectivity index (χ3n) is 4.89. The van der Waals surface area contributed by atoms with E-state index in [1.807, 2.05) is 23.9 Å². The van der Waals surface area contributed by atoms with Gasteiger partial charge in [-0.3, -0.25) is 9.48 Å². The molecule has 0 spiro atoms. The standard InChI is InChI=1S/C18H18F2N6O/c1-25-15(10-26-7-3-6-21-26)23-24-17(25)11-8-12(9-11)22-18(27)16-13(19)4-2-5-14(16)20/h2-7,11-12H,8-10H2,1H3,(H,22,27). The quantitative estimate of drug-likeness (QED) is 0.743. The zero-order chi connectivity index (χ0) is 19.0. The van der Waals surface area contributed by atoms with Gasteiger partial charge in [-0.15, -0.1) is 10.2 Å². The highest BCUT2D eigenvalue weighted by Crippen LogP contribution is 2.36. The van der Waals surface area contributed by atoms with Crippen molar-refractivity contribution in [3.05, 3.63) is 65.5 Å². The minimum atomic E-state index is -0.861. The molecule has 0 aliphatic heterocycles. The highest BCUT2D eigenvalue weighted by Gasteiger charge is 2.35. The Labute approximate surface area is 154 Å². The van der Waals surface area contributed by atoms with Gasteiger partial charge in [0.15, 0.2) is 5.82 Å². The summed E-state index contributed by atoms with van der Waals surface area (Å²) in [7, 11) is 1.90. The number of hydrogen-bond donors (Lipinski definition) is 1. The Morgan fingerprint density at radius 2 is 1.96 bits per heavy atom. The fourth-order valence-electron chi connectivity index (χ4n) is 3.33. The zero-order valence-electron chi connectivity index (χ0n) is 14.6. The molecule has 1 aliphatic carbocycles. The summed E-state index contributed by atoms with van der Waals surface area (Å²) in [4.78, 5) is 12.1. The lowest BCUT2D eigenvalue weighted by Crippen LogP contribution is -2.44. The summed E-state index contributed by atoms with van der Waals surface area (Å²) in [6.07, 6.45) is 4.85. The Morgan fingerprint density at radius 3 is 2.63 bits per heavy atom. The lowest BCUT2D eigenvalue weighted by atomic mass is 9.79. The molecule has 1 aromatic carbocycles. The molecule has 0 radical (unpaired) electrons. The van der Waals surface area contributed by atoms with Crippen LogP contribution < -0.4 is 5.32 Å². The van der Waals surface area contributed by atoms with E-state index in [1.54, 1.807) is 10.9 Å². The molecule has 1 saturated carbocycles. The Bertz CT molecular complexity index is 942. The Balaban J connectivity index is 1.37. The topological polar surface area (TPSA) is 77.6 Å². The molecule has 0 saturated heterocycles. The Kier molecular flexibility index (Phi) is 4.43. The zero-order valence-corrected chi connectivity index (χ0v) is 14.6. The van der Waals surface area contributed by atoms with Crippen LogP contribution in [0.3, 0.4) is 0 Å². The largest absolute Gasteiger partial charge is 0.349 e. The van der Waals surface area contributed by atoms with Crippen molar-refractivity contribution in [2.45, 2.75) is 31.3 Å². The minimum absolute atomic E-state index is 0.143. The molecule has 9 heteroatoms. The van der Waals surface area contributed by atoms with Crippen LogP contribution in [-0.4, -0.2) is 36.5 Å². The van der Waals surface area contributed by atoms with Crippen molar-refractivity contribution >= 4 is 5.91 Å². The van der Waals surface area contributed by atoms with Gasteiger partial charge in [0, 0.05) is 31.4 Å². The fourth-order valence-corrected chi connectivity index (χ4v) is 3.33. The Hall–Kier alpha value is -3.10. The number of halogens is 2. The van der Waals surface area contributed by atoms with E-state index in [0.29, 0.717) is 19.4 Å². The van der Waals surface area contributed by atoms with Gasteiger partial charge >= 0.3 is 0 Å². The summed E-state index contributed by atoms with van der Waals surface area (Å²) in [5.74, 6) is -0.690. The van der Waals surface area contributed by atoms with E-state index < -0.39 is 23.1 Å². The van der Waals surface area contributed by atoms with Gasteiger partial charge in [-0.2, -0.15) is 5.10 Å². The normalized spacial score (nSPS) is 18.9. The fraction of sp³-hybridized carbons (Fsp3) is 0.333. The number of rotatable bonds is 5. The molecule has 1 fully saturated rings. The van der Waals surface area contributed by atoms with E-state index in [9.17, 15) is 13.6 Å². The average molecular weight is 372 g/mol. The molecule has 0 bridgehead atoms. The van der Waals surface area contributed by atoms with Crippen LogP contribution in [0.4, 0.5) is 8.78 Å². The first kappa shape index (κ1) is 17.3. The van der Waals surface area contributed by atoms with Crippen LogP contribution in [0.5, 0.6) is 0 Å². The maximum absolute atomic E-state index is 13.7. The van der Waals surface area contributed by atoms with Crippen LogP contribution in [0.15, 0.2) is 36.7 Å². The molecule has 1 N–H and O–H groups in total. The molecule has 7 nitrogen and oxygen atoms in total. The number of hydrogen-bond acceptors (Lipinski definition) is 4. The second-order valence-electron chi connectivity index (χ2n) is 6.67. The molecule has 3 aromatic rings. The maximum Gasteiger partial charge on any atom is 0.257 e. The third-order valence-corrected chi connectivity index (χ3v) is 4.89.